The minimum absolute atomic E-state index is 0.0533. The standard InChI is InChI=1S/C23H20N6O3S/c1-4-32-15-9-10-16-17(11-15)33-23(25-16)26-21(30)19-18-20(22(31)28(3)12-24-18)29(27-19)14-7-5-13(2)6-8-14/h5-12H,4H2,1-3H3,(H,25,26,30). The molecule has 33 heavy (non-hydrogen) atoms. The monoisotopic (exact) mass is 460 g/mol. The molecule has 3 aromatic heterocycles. The Morgan fingerprint density at radius 2 is 1.97 bits per heavy atom. The molecule has 0 aliphatic heterocycles. The molecule has 0 fully saturated rings. The number of amides is 1. The molecule has 0 saturated heterocycles. The van der Waals surface area contributed by atoms with Gasteiger partial charge in [0.25, 0.3) is 11.5 Å². The maximum Gasteiger partial charge on any atom is 0.280 e. The van der Waals surface area contributed by atoms with Gasteiger partial charge in [0, 0.05) is 7.05 Å². The van der Waals surface area contributed by atoms with E-state index in [0.29, 0.717) is 17.4 Å². The zero-order chi connectivity index (χ0) is 23.1. The number of hydrogen-bond donors (Lipinski definition) is 1. The second kappa shape index (κ2) is 8.14. The number of aryl methyl sites for hydroxylation is 2. The van der Waals surface area contributed by atoms with Gasteiger partial charge in [0.15, 0.2) is 16.3 Å². The third-order valence-electron chi connectivity index (χ3n) is 5.13. The molecule has 0 atom stereocenters. The third-order valence-corrected chi connectivity index (χ3v) is 6.06. The van der Waals surface area contributed by atoms with Crippen molar-refractivity contribution in [3.63, 3.8) is 0 Å². The minimum Gasteiger partial charge on any atom is -0.494 e. The van der Waals surface area contributed by atoms with E-state index in [2.05, 4.69) is 20.4 Å². The zero-order valence-electron chi connectivity index (χ0n) is 18.2. The van der Waals surface area contributed by atoms with Gasteiger partial charge in [-0.3, -0.25) is 14.9 Å². The molecule has 0 saturated carbocycles. The van der Waals surface area contributed by atoms with Gasteiger partial charge >= 0.3 is 0 Å². The summed E-state index contributed by atoms with van der Waals surface area (Å²) < 4.78 is 9.25. The molecule has 1 amide bonds. The number of nitrogens with zero attached hydrogens (tertiary/aromatic N) is 5. The smallest absolute Gasteiger partial charge is 0.280 e. The number of hydrogen-bond acceptors (Lipinski definition) is 7. The largest absolute Gasteiger partial charge is 0.494 e. The van der Waals surface area contributed by atoms with Crippen LogP contribution in [0.15, 0.2) is 53.6 Å². The van der Waals surface area contributed by atoms with Gasteiger partial charge in [-0.1, -0.05) is 29.0 Å². The molecule has 10 heteroatoms. The zero-order valence-corrected chi connectivity index (χ0v) is 19.0. The molecular weight excluding hydrogens is 440 g/mol. The van der Waals surface area contributed by atoms with E-state index in [4.69, 9.17) is 4.74 Å². The molecule has 9 nitrogen and oxygen atoms in total. The number of carbonyl (C=O) groups excluding carboxylic acids is 1. The number of fused-ring (bicyclic) bond motifs is 2. The average molecular weight is 461 g/mol. The molecule has 1 N–H and O–H groups in total. The fraction of sp³-hybridized carbons (Fsp3) is 0.174. The molecule has 0 aliphatic carbocycles. The quantitative estimate of drug-likeness (QED) is 0.429. The first-order chi connectivity index (χ1) is 15.9. The molecule has 2 aromatic carbocycles. The summed E-state index contributed by atoms with van der Waals surface area (Å²) in [5, 5.41) is 7.69. The Balaban J connectivity index is 1.56. The Morgan fingerprint density at radius 3 is 2.73 bits per heavy atom. The van der Waals surface area contributed by atoms with Gasteiger partial charge in [0.1, 0.15) is 11.3 Å². The Labute approximate surface area is 192 Å². The lowest BCUT2D eigenvalue weighted by Gasteiger charge is -2.04. The number of benzene rings is 2. The molecule has 0 aliphatic rings. The van der Waals surface area contributed by atoms with Crippen LogP contribution in [0.3, 0.4) is 0 Å². The van der Waals surface area contributed by atoms with E-state index >= 15 is 0 Å². The van der Waals surface area contributed by atoms with E-state index in [9.17, 15) is 9.59 Å². The summed E-state index contributed by atoms with van der Waals surface area (Å²) in [4.78, 5) is 34.9. The number of rotatable bonds is 5. The lowest BCUT2D eigenvalue weighted by atomic mass is 10.2. The Kier molecular flexibility index (Phi) is 5.14. The molecule has 5 rings (SSSR count). The van der Waals surface area contributed by atoms with E-state index < -0.39 is 5.91 Å². The van der Waals surface area contributed by atoms with Crippen molar-refractivity contribution < 1.29 is 9.53 Å². The molecule has 0 spiro atoms. The predicted octanol–water partition coefficient (Wildman–Crippen LogP) is 3.69. The Morgan fingerprint density at radius 1 is 1.18 bits per heavy atom. The van der Waals surface area contributed by atoms with Crippen LogP contribution >= 0.6 is 11.3 Å². The minimum atomic E-state index is -0.490. The van der Waals surface area contributed by atoms with Crippen molar-refractivity contribution in [3.8, 4) is 11.4 Å². The number of thiazole rings is 1. The van der Waals surface area contributed by atoms with Gasteiger partial charge in [0.05, 0.1) is 28.8 Å². The number of ether oxygens (including phenoxy) is 1. The summed E-state index contributed by atoms with van der Waals surface area (Å²) >= 11 is 1.33. The first-order valence-corrected chi connectivity index (χ1v) is 11.1. The number of carbonyl (C=O) groups is 1. The first kappa shape index (κ1) is 20.8. The van der Waals surface area contributed by atoms with Crippen LogP contribution in [0.2, 0.25) is 0 Å². The van der Waals surface area contributed by atoms with Crippen molar-refractivity contribution >= 4 is 43.6 Å². The second-order valence-corrected chi connectivity index (χ2v) is 8.52. The third kappa shape index (κ3) is 3.74. The lowest BCUT2D eigenvalue weighted by molar-refractivity contribution is 0.102. The fourth-order valence-electron chi connectivity index (χ4n) is 3.48. The molecule has 0 radical (unpaired) electrons. The van der Waals surface area contributed by atoms with Gasteiger partial charge in [-0.25, -0.2) is 14.6 Å². The molecular formula is C23H20N6O3S. The highest BCUT2D eigenvalue weighted by atomic mass is 32.1. The summed E-state index contributed by atoms with van der Waals surface area (Å²) in [6.45, 7) is 4.46. The van der Waals surface area contributed by atoms with Crippen LogP contribution < -0.4 is 15.6 Å². The van der Waals surface area contributed by atoms with Crippen LogP contribution in [-0.2, 0) is 7.05 Å². The van der Waals surface area contributed by atoms with Crippen LogP contribution in [0.5, 0.6) is 5.75 Å². The number of aromatic nitrogens is 5. The van der Waals surface area contributed by atoms with Crippen LogP contribution in [0.1, 0.15) is 23.0 Å². The van der Waals surface area contributed by atoms with Gasteiger partial charge in [-0.15, -0.1) is 0 Å². The maximum absolute atomic E-state index is 13.2. The van der Waals surface area contributed by atoms with E-state index in [1.807, 2.05) is 56.3 Å². The summed E-state index contributed by atoms with van der Waals surface area (Å²) in [6.07, 6.45) is 1.38. The van der Waals surface area contributed by atoms with E-state index in [-0.39, 0.29) is 22.3 Å². The first-order valence-electron chi connectivity index (χ1n) is 10.3. The van der Waals surface area contributed by atoms with Crippen molar-refractivity contribution in [3.05, 3.63) is 70.4 Å². The topological polar surface area (TPSA) is 104 Å². The highest BCUT2D eigenvalue weighted by Crippen LogP contribution is 2.30. The summed E-state index contributed by atoms with van der Waals surface area (Å²) in [6, 6.07) is 13.1. The van der Waals surface area contributed by atoms with Crippen LogP contribution in [-0.4, -0.2) is 36.8 Å². The summed E-state index contributed by atoms with van der Waals surface area (Å²) in [7, 11) is 1.61. The lowest BCUT2D eigenvalue weighted by Crippen LogP contribution is -2.19. The fourth-order valence-corrected chi connectivity index (χ4v) is 4.37. The van der Waals surface area contributed by atoms with Gasteiger partial charge in [-0.05, 0) is 44.2 Å². The van der Waals surface area contributed by atoms with Crippen LogP contribution in [0, 0.1) is 6.92 Å². The molecule has 5 aromatic rings. The van der Waals surface area contributed by atoms with Gasteiger partial charge in [-0.2, -0.15) is 5.10 Å². The number of nitrogens with one attached hydrogen (secondary N) is 1. The van der Waals surface area contributed by atoms with E-state index in [1.54, 1.807) is 7.05 Å². The van der Waals surface area contributed by atoms with E-state index in [1.165, 1.54) is 26.9 Å². The highest BCUT2D eigenvalue weighted by molar-refractivity contribution is 7.22. The van der Waals surface area contributed by atoms with Crippen molar-refractivity contribution in [2.45, 2.75) is 13.8 Å². The maximum atomic E-state index is 13.2. The summed E-state index contributed by atoms with van der Waals surface area (Å²) in [5.74, 6) is 0.255. The highest BCUT2D eigenvalue weighted by Gasteiger charge is 2.23. The number of anilines is 1. The van der Waals surface area contributed by atoms with Gasteiger partial charge in [0.2, 0.25) is 0 Å². The average Bonchev–Trinajstić information content (AvgIpc) is 3.38. The SMILES string of the molecule is CCOc1ccc2nc(NC(=O)c3nn(-c4ccc(C)cc4)c4c(=O)n(C)cnc34)sc2c1. The Bertz CT molecular complexity index is 1570. The normalized spacial score (nSPS) is 11.2. The van der Waals surface area contributed by atoms with Crippen LogP contribution in [0.25, 0.3) is 26.9 Å². The van der Waals surface area contributed by atoms with Crippen molar-refractivity contribution in [1.29, 1.82) is 0 Å². The predicted molar refractivity (Wildman–Crippen MR) is 128 cm³/mol. The van der Waals surface area contributed by atoms with Gasteiger partial charge < -0.3 is 9.30 Å². The van der Waals surface area contributed by atoms with Crippen molar-refractivity contribution in [2.24, 2.45) is 7.05 Å². The van der Waals surface area contributed by atoms with Crippen molar-refractivity contribution in [2.75, 3.05) is 11.9 Å². The van der Waals surface area contributed by atoms with E-state index in [0.717, 1.165) is 21.5 Å². The summed E-state index contributed by atoms with van der Waals surface area (Å²) in [5.41, 5.74) is 2.71. The molecule has 3 heterocycles. The molecule has 166 valence electrons. The van der Waals surface area contributed by atoms with Crippen molar-refractivity contribution in [1.82, 2.24) is 24.3 Å². The van der Waals surface area contributed by atoms with Crippen LogP contribution in [0.4, 0.5) is 5.13 Å². The molecule has 0 unspecified atom stereocenters. The Hall–Kier alpha value is -4.05. The molecule has 0 bridgehead atoms. The second-order valence-electron chi connectivity index (χ2n) is 7.49.